The molecule has 0 saturated carbocycles. The second-order valence-electron chi connectivity index (χ2n) is 5.88. The van der Waals surface area contributed by atoms with E-state index >= 15 is 0 Å². The predicted octanol–water partition coefficient (Wildman–Crippen LogP) is 2.64. The molecule has 25 heavy (non-hydrogen) atoms. The Bertz CT molecular complexity index is 736. The number of para-hydroxylation sites is 1. The number of hydrogen-bond acceptors (Lipinski definition) is 6. The molecule has 132 valence electrons. The van der Waals surface area contributed by atoms with Gasteiger partial charge in [0.1, 0.15) is 5.75 Å². The van der Waals surface area contributed by atoms with Crippen molar-refractivity contribution in [3.05, 3.63) is 34.7 Å². The van der Waals surface area contributed by atoms with Crippen LogP contribution in [0.3, 0.4) is 0 Å². The summed E-state index contributed by atoms with van der Waals surface area (Å²) in [5.74, 6) is -0.377. The SMILES string of the molecule is CCOC(=O)C1CCN(C2=NC(=O)C(=Cc3ccccc3O)S2)CC1. The maximum atomic E-state index is 12.1. The van der Waals surface area contributed by atoms with Crippen LogP contribution in [0.15, 0.2) is 34.2 Å². The lowest BCUT2D eigenvalue weighted by atomic mass is 9.97. The van der Waals surface area contributed by atoms with E-state index in [1.807, 2.05) is 4.90 Å². The molecular formula is C18H20N2O4S. The summed E-state index contributed by atoms with van der Waals surface area (Å²) in [5, 5.41) is 10.5. The van der Waals surface area contributed by atoms with Crippen LogP contribution in [0, 0.1) is 5.92 Å². The van der Waals surface area contributed by atoms with Gasteiger partial charge in [0.15, 0.2) is 5.17 Å². The van der Waals surface area contributed by atoms with Crippen LogP contribution in [0.4, 0.5) is 0 Å². The molecule has 0 radical (unpaired) electrons. The topological polar surface area (TPSA) is 79.2 Å². The Kier molecular flexibility index (Phi) is 5.43. The molecule has 0 atom stereocenters. The largest absolute Gasteiger partial charge is 0.507 e. The number of amidine groups is 1. The fraction of sp³-hybridized carbons (Fsp3) is 0.389. The molecule has 3 rings (SSSR count). The summed E-state index contributed by atoms with van der Waals surface area (Å²) < 4.78 is 5.07. The van der Waals surface area contributed by atoms with Crippen LogP contribution < -0.4 is 0 Å². The number of likely N-dealkylation sites (tertiary alicyclic amines) is 1. The van der Waals surface area contributed by atoms with Crippen LogP contribution >= 0.6 is 11.8 Å². The monoisotopic (exact) mass is 360 g/mol. The maximum Gasteiger partial charge on any atom is 0.309 e. The number of aromatic hydroxyl groups is 1. The molecule has 1 fully saturated rings. The van der Waals surface area contributed by atoms with Crippen LogP contribution in [0.25, 0.3) is 6.08 Å². The highest BCUT2D eigenvalue weighted by atomic mass is 32.2. The van der Waals surface area contributed by atoms with Gasteiger partial charge in [0.2, 0.25) is 0 Å². The maximum absolute atomic E-state index is 12.1. The first kappa shape index (κ1) is 17.5. The number of ether oxygens (including phenoxy) is 1. The first-order valence-corrected chi connectivity index (χ1v) is 9.12. The summed E-state index contributed by atoms with van der Waals surface area (Å²) in [6.07, 6.45) is 3.06. The van der Waals surface area contributed by atoms with Crippen LogP contribution in [0.2, 0.25) is 0 Å². The Morgan fingerprint density at radius 1 is 1.40 bits per heavy atom. The van der Waals surface area contributed by atoms with Crippen LogP contribution in [-0.4, -0.2) is 46.7 Å². The normalized spacial score (nSPS) is 20.0. The Morgan fingerprint density at radius 2 is 2.12 bits per heavy atom. The highest BCUT2D eigenvalue weighted by molar-refractivity contribution is 8.18. The number of phenolic OH excluding ortho intramolecular Hbond substituents is 1. The lowest BCUT2D eigenvalue weighted by Crippen LogP contribution is -2.39. The van der Waals surface area contributed by atoms with Gasteiger partial charge in [-0.15, -0.1) is 0 Å². The van der Waals surface area contributed by atoms with Gasteiger partial charge in [-0.05, 0) is 43.7 Å². The average Bonchev–Trinajstić information content (AvgIpc) is 2.98. The van der Waals surface area contributed by atoms with Gasteiger partial charge in [0.25, 0.3) is 5.91 Å². The van der Waals surface area contributed by atoms with Gasteiger partial charge in [0, 0.05) is 18.7 Å². The fourth-order valence-corrected chi connectivity index (χ4v) is 3.81. The summed E-state index contributed by atoms with van der Waals surface area (Å²) in [6, 6.07) is 6.87. The number of phenols is 1. The number of esters is 1. The average molecular weight is 360 g/mol. The number of aliphatic imine (C=N–C) groups is 1. The van der Waals surface area contributed by atoms with Gasteiger partial charge >= 0.3 is 5.97 Å². The van der Waals surface area contributed by atoms with E-state index in [1.54, 1.807) is 37.3 Å². The summed E-state index contributed by atoms with van der Waals surface area (Å²) in [5.41, 5.74) is 0.593. The lowest BCUT2D eigenvalue weighted by molar-refractivity contribution is -0.149. The minimum atomic E-state index is -0.296. The molecule has 0 bridgehead atoms. The van der Waals surface area contributed by atoms with Crippen molar-refractivity contribution < 1.29 is 19.4 Å². The molecule has 6 nitrogen and oxygen atoms in total. The second-order valence-corrected chi connectivity index (χ2v) is 6.89. The molecule has 2 aliphatic rings. The molecule has 0 aliphatic carbocycles. The fourth-order valence-electron chi connectivity index (χ4n) is 2.85. The molecule has 0 unspecified atom stereocenters. The zero-order valence-corrected chi connectivity index (χ0v) is 14.8. The number of thioether (sulfide) groups is 1. The minimum absolute atomic E-state index is 0.0739. The van der Waals surface area contributed by atoms with E-state index in [-0.39, 0.29) is 23.5 Å². The standard InChI is InChI=1S/C18H20N2O4S/c1-2-24-17(23)12-7-9-20(10-8-12)18-19-16(22)15(25-18)11-13-5-3-4-6-14(13)21/h3-6,11-12,21H,2,7-10H2,1H3. The van der Waals surface area contributed by atoms with Crippen LogP contribution in [0.5, 0.6) is 5.75 Å². The molecule has 1 saturated heterocycles. The van der Waals surface area contributed by atoms with Crippen molar-refractivity contribution in [1.29, 1.82) is 0 Å². The van der Waals surface area contributed by atoms with Gasteiger partial charge in [0.05, 0.1) is 17.4 Å². The van der Waals surface area contributed by atoms with Crippen molar-refractivity contribution in [3.63, 3.8) is 0 Å². The number of hydrogen-bond donors (Lipinski definition) is 1. The van der Waals surface area contributed by atoms with Gasteiger partial charge in [-0.3, -0.25) is 9.59 Å². The number of carbonyl (C=O) groups excluding carboxylic acids is 2. The van der Waals surface area contributed by atoms with E-state index in [2.05, 4.69) is 4.99 Å². The van der Waals surface area contributed by atoms with Crippen LogP contribution in [0.1, 0.15) is 25.3 Å². The second kappa shape index (κ2) is 7.74. The summed E-state index contributed by atoms with van der Waals surface area (Å²) >= 11 is 1.31. The Morgan fingerprint density at radius 3 is 2.80 bits per heavy atom. The zero-order valence-electron chi connectivity index (χ0n) is 14.0. The minimum Gasteiger partial charge on any atom is -0.507 e. The van der Waals surface area contributed by atoms with Gasteiger partial charge in [-0.2, -0.15) is 4.99 Å². The predicted molar refractivity (Wildman–Crippen MR) is 97.0 cm³/mol. The number of carbonyl (C=O) groups is 2. The quantitative estimate of drug-likeness (QED) is 0.659. The number of rotatable bonds is 3. The molecule has 1 N–H and O–H groups in total. The van der Waals surface area contributed by atoms with Crippen LogP contribution in [-0.2, 0) is 14.3 Å². The molecule has 0 aromatic heterocycles. The summed E-state index contributed by atoms with van der Waals surface area (Å²) in [4.78, 5) is 30.6. The first-order chi connectivity index (χ1) is 12.1. The highest BCUT2D eigenvalue weighted by Crippen LogP contribution is 2.33. The van der Waals surface area contributed by atoms with Gasteiger partial charge in [-0.1, -0.05) is 18.2 Å². The zero-order chi connectivity index (χ0) is 17.8. The number of piperidine rings is 1. The molecule has 2 heterocycles. The van der Waals surface area contributed by atoms with Crippen molar-refractivity contribution >= 4 is 34.9 Å². The smallest absolute Gasteiger partial charge is 0.309 e. The molecular weight excluding hydrogens is 340 g/mol. The van der Waals surface area contributed by atoms with E-state index in [4.69, 9.17) is 4.74 Å². The van der Waals surface area contributed by atoms with E-state index in [1.165, 1.54) is 11.8 Å². The first-order valence-electron chi connectivity index (χ1n) is 8.30. The van der Waals surface area contributed by atoms with Crippen molar-refractivity contribution in [1.82, 2.24) is 4.90 Å². The Hall–Kier alpha value is -2.28. The van der Waals surface area contributed by atoms with E-state index in [9.17, 15) is 14.7 Å². The molecule has 7 heteroatoms. The third-order valence-electron chi connectivity index (χ3n) is 4.22. The van der Waals surface area contributed by atoms with Crippen molar-refractivity contribution in [3.8, 4) is 5.75 Å². The Labute approximate surface area is 150 Å². The lowest BCUT2D eigenvalue weighted by Gasteiger charge is -2.31. The number of amides is 1. The summed E-state index contributed by atoms with van der Waals surface area (Å²) in [7, 11) is 0. The third kappa shape index (κ3) is 4.04. The molecule has 0 spiro atoms. The molecule has 1 amide bonds. The summed E-state index contributed by atoms with van der Waals surface area (Å²) in [6.45, 7) is 3.55. The molecule has 1 aromatic rings. The van der Waals surface area contributed by atoms with E-state index in [0.717, 1.165) is 0 Å². The van der Waals surface area contributed by atoms with Crippen molar-refractivity contribution in [2.45, 2.75) is 19.8 Å². The number of benzene rings is 1. The Balaban J connectivity index is 1.63. The molecule has 1 aromatic carbocycles. The van der Waals surface area contributed by atoms with Crippen molar-refractivity contribution in [2.75, 3.05) is 19.7 Å². The van der Waals surface area contributed by atoms with Gasteiger partial charge in [-0.25, -0.2) is 0 Å². The van der Waals surface area contributed by atoms with E-state index < -0.39 is 0 Å². The number of nitrogens with zero attached hydrogens (tertiary/aromatic N) is 2. The third-order valence-corrected chi connectivity index (χ3v) is 5.26. The van der Waals surface area contributed by atoms with Gasteiger partial charge < -0.3 is 14.7 Å². The van der Waals surface area contributed by atoms with E-state index in [0.29, 0.717) is 48.2 Å². The molecule has 2 aliphatic heterocycles. The van der Waals surface area contributed by atoms with Crippen molar-refractivity contribution in [2.24, 2.45) is 10.9 Å². The highest BCUT2D eigenvalue weighted by Gasteiger charge is 2.31.